The fraction of sp³-hybridized carbons (Fsp3) is 1.00. The van der Waals surface area contributed by atoms with Crippen molar-refractivity contribution in [2.24, 2.45) is 0 Å². The van der Waals surface area contributed by atoms with Crippen LogP contribution in [0, 0.1) is 0 Å². The average molecular weight is 174 g/mol. The minimum absolute atomic E-state index is 0.0946. The van der Waals surface area contributed by atoms with Crippen molar-refractivity contribution >= 4 is 0 Å². The second-order valence-corrected chi connectivity index (χ2v) is 3.39. The number of unbranched alkanes of at least 4 members (excludes halogenated alkanes) is 1. The van der Waals surface area contributed by atoms with Crippen LogP contribution in [0.15, 0.2) is 0 Å². The molecule has 2 unspecified atom stereocenters. The van der Waals surface area contributed by atoms with Crippen LogP contribution in [0.1, 0.15) is 46.0 Å². The van der Waals surface area contributed by atoms with Gasteiger partial charge in [0, 0.05) is 7.11 Å². The summed E-state index contributed by atoms with van der Waals surface area (Å²) in [5.41, 5.74) is 0. The molecule has 0 aromatic carbocycles. The second-order valence-electron chi connectivity index (χ2n) is 3.39. The summed E-state index contributed by atoms with van der Waals surface area (Å²) in [6.45, 7) is 4.10. The van der Waals surface area contributed by atoms with E-state index in [0.717, 1.165) is 32.1 Å². The summed E-state index contributed by atoms with van der Waals surface area (Å²) in [5.74, 6) is 0. The van der Waals surface area contributed by atoms with E-state index in [1.165, 1.54) is 0 Å². The molecule has 0 spiro atoms. The Bertz CT molecular complexity index is 81.8. The summed E-state index contributed by atoms with van der Waals surface area (Å²) < 4.78 is 5.12. The highest BCUT2D eigenvalue weighted by Crippen LogP contribution is 2.08. The molecule has 0 heterocycles. The first-order valence-electron chi connectivity index (χ1n) is 4.91. The molecule has 0 amide bonds. The lowest BCUT2D eigenvalue weighted by Crippen LogP contribution is -2.06. The second kappa shape index (κ2) is 7.56. The van der Waals surface area contributed by atoms with E-state index in [1.807, 2.05) is 6.92 Å². The SMILES string of the molecule is CCC(O)CCCCC(C)OC. The summed E-state index contributed by atoms with van der Waals surface area (Å²) >= 11 is 0. The lowest BCUT2D eigenvalue weighted by Gasteiger charge is -2.10. The fourth-order valence-corrected chi connectivity index (χ4v) is 1.13. The molecule has 2 nitrogen and oxygen atoms in total. The number of aliphatic hydroxyl groups is 1. The van der Waals surface area contributed by atoms with E-state index in [0.29, 0.717) is 6.10 Å². The Morgan fingerprint density at radius 1 is 1.25 bits per heavy atom. The van der Waals surface area contributed by atoms with Crippen molar-refractivity contribution in [3.8, 4) is 0 Å². The van der Waals surface area contributed by atoms with Crippen LogP contribution < -0.4 is 0 Å². The van der Waals surface area contributed by atoms with E-state index in [1.54, 1.807) is 7.11 Å². The first-order chi connectivity index (χ1) is 5.70. The number of methoxy groups -OCH3 is 1. The van der Waals surface area contributed by atoms with Crippen LogP contribution in [-0.4, -0.2) is 24.4 Å². The van der Waals surface area contributed by atoms with Crippen LogP contribution in [0.2, 0.25) is 0 Å². The van der Waals surface area contributed by atoms with Crippen molar-refractivity contribution < 1.29 is 9.84 Å². The molecule has 2 heteroatoms. The van der Waals surface area contributed by atoms with Crippen molar-refractivity contribution in [3.05, 3.63) is 0 Å². The summed E-state index contributed by atoms with van der Waals surface area (Å²) in [6, 6.07) is 0. The molecule has 12 heavy (non-hydrogen) atoms. The number of aliphatic hydroxyl groups excluding tert-OH is 1. The molecular formula is C10H22O2. The normalized spacial score (nSPS) is 16.0. The fourth-order valence-electron chi connectivity index (χ4n) is 1.13. The molecule has 2 atom stereocenters. The van der Waals surface area contributed by atoms with Gasteiger partial charge in [0.25, 0.3) is 0 Å². The maximum atomic E-state index is 9.25. The van der Waals surface area contributed by atoms with Crippen LogP contribution in [-0.2, 0) is 4.74 Å². The molecular weight excluding hydrogens is 152 g/mol. The van der Waals surface area contributed by atoms with Gasteiger partial charge in [0.15, 0.2) is 0 Å². The van der Waals surface area contributed by atoms with Gasteiger partial charge in [0.05, 0.1) is 12.2 Å². The van der Waals surface area contributed by atoms with Gasteiger partial charge >= 0.3 is 0 Å². The smallest absolute Gasteiger partial charge is 0.0543 e. The lowest BCUT2D eigenvalue weighted by atomic mass is 10.1. The lowest BCUT2D eigenvalue weighted by molar-refractivity contribution is 0.105. The number of rotatable bonds is 7. The highest BCUT2D eigenvalue weighted by atomic mass is 16.5. The van der Waals surface area contributed by atoms with Crippen molar-refractivity contribution in [2.45, 2.75) is 58.2 Å². The van der Waals surface area contributed by atoms with Gasteiger partial charge in [-0.3, -0.25) is 0 Å². The van der Waals surface area contributed by atoms with Gasteiger partial charge in [-0.15, -0.1) is 0 Å². The van der Waals surface area contributed by atoms with E-state index in [9.17, 15) is 5.11 Å². The van der Waals surface area contributed by atoms with E-state index in [-0.39, 0.29) is 6.10 Å². The third kappa shape index (κ3) is 6.62. The zero-order valence-corrected chi connectivity index (χ0v) is 8.55. The Labute approximate surface area is 75.9 Å². The Morgan fingerprint density at radius 2 is 1.83 bits per heavy atom. The van der Waals surface area contributed by atoms with Crippen LogP contribution in [0.4, 0.5) is 0 Å². The molecule has 0 saturated carbocycles. The Hall–Kier alpha value is -0.0800. The van der Waals surface area contributed by atoms with Gasteiger partial charge in [0.2, 0.25) is 0 Å². The first-order valence-corrected chi connectivity index (χ1v) is 4.91. The maximum Gasteiger partial charge on any atom is 0.0543 e. The predicted molar refractivity (Wildman–Crippen MR) is 51.2 cm³/mol. The van der Waals surface area contributed by atoms with E-state index >= 15 is 0 Å². The quantitative estimate of drug-likeness (QED) is 0.600. The molecule has 1 N–H and O–H groups in total. The van der Waals surface area contributed by atoms with Gasteiger partial charge < -0.3 is 9.84 Å². The molecule has 0 saturated heterocycles. The zero-order valence-electron chi connectivity index (χ0n) is 8.55. The van der Waals surface area contributed by atoms with E-state index in [2.05, 4.69) is 6.92 Å². The van der Waals surface area contributed by atoms with Crippen LogP contribution in [0.5, 0.6) is 0 Å². The molecule has 0 aromatic rings. The van der Waals surface area contributed by atoms with Crippen LogP contribution >= 0.6 is 0 Å². The molecule has 0 rings (SSSR count). The third-order valence-electron chi connectivity index (χ3n) is 2.27. The number of ether oxygens (including phenoxy) is 1. The zero-order chi connectivity index (χ0) is 9.40. The Balaban J connectivity index is 3.10. The monoisotopic (exact) mass is 174 g/mol. The van der Waals surface area contributed by atoms with Gasteiger partial charge in [-0.2, -0.15) is 0 Å². The standard InChI is InChI=1S/C10H22O2/c1-4-10(11)8-6-5-7-9(2)12-3/h9-11H,4-8H2,1-3H3. The van der Waals surface area contributed by atoms with E-state index in [4.69, 9.17) is 4.74 Å². The number of hydrogen-bond donors (Lipinski definition) is 1. The molecule has 0 aliphatic rings. The average Bonchev–Trinajstić information content (AvgIpc) is 2.11. The molecule has 0 fully saturated rings. The summed E-state index contributed by atoms with van der Waals surface area (Å²) in [6.07, 6.45) is 5.46. The Kier molecular flexibility index (Phi) is 7.51. The van der Waals surface area contributed by atoms with E-state index < -0.39 is 0 Å². The molecule has 0 aliphatic carbocycles. The maximum absolute atomic E-state index is 9.25. The minimum atomic E-state index is -0.0946. The van der Waals surface area contributed by atoms with Crippen molar-refractivity contribution in [3.63, 3.8) is 0 Å². The van der Waals surface area contributed by atoms with Gasteiger partial charge in [-0.25, -0.2) is 0 Å². The predicted octanol–water partition coefficient (Wildman–Crippen LogP) is 2.35. The molecule has 0 radical (unpaired) electrons. The molecule has 0 aromatic heterocycles. The Morgan fingerprint density at radius 3 is 2.33 bits per heavy atom. The van der Waals surface area contributed by atoms with Gasteiger partial charge in [-0.05, 0) is 26.2 Å². The minimum Gasteiger partial charge on any atom is -0.393 e. The summed E-state index contributed by atoms with van der Waals surface area (Å²) in [5, 5.41) is 9.25. The molecule has 0 aliphatic heterocycles. The van der Waals surface area contributed by atoms with Crippen LogP contribution in [0.25, 0.3) is 0 Å². The first kappa shape index (κ1) is 11.9. The highest BCUT2D eigenvalue weighted by Gasteiger charge is 2.02. The third-order valence-corrected chi connectivity index (χ3v) is 2.27. The topological polar surface area (TPSA) is 29.5 Å². The van der Waals surface area contributed by atoms with Gasteiger partial charge in [-0.1, -0.05) is 19.8 Å². The molecule has 0 bridgehead atoms. The van der Waals surface area contributed by atoms with Crippen molar-refractivity contribution in [2.75, 3.05) is 7.11 Å². The van der Waals surface area contributed by atoms with Crippen molar-refractivity contribution in [1.29, 1.82) is 0 Å². The van der Waals surface area contributed by atoms with Crippen molar-refractivity contribution in [1.82, 2.24) is 0 Å². The highest BCUT2D eigenvalue weighted by molar-refractivity contribution is 4.55. The summed E-state index contributed by atoms with van der Waals surface area (Å²) in [4.78, 5) is 0. The van der Waals surface area contributed by atoms with Crippen LogP contribution in [0.3, 0.4) is 0 Å². The molecule has 74 valence electrons. The van der Waals surface area contributed by atoms with Gasteiger partial charge in [0.1, 0.15) is 0 Å². The largest absolute Gasteiger partial charge is 0.393 e. The number of hydrogen-bond acceptors (Lipinski definition) is 2. The summed E-state index contributed by atoms with van der Waals surface area (Å²) in [7, 11) is 1.74.